The molecular weight excluding hydrogens is 271 g/mol. The first kappa shape index (κ1) is 17.9. The van der Waals surface area contributed by atoms with Crippen LogP contribution in [0.15, 0.2) is 18.2 Å². The van der Waals surface area contributed by atoms with Crippen molar-refractivity contribution < 1.29 is 13.9 Å². The first-order valence-electron chi connectivity index (χ1n) is 7.26. The third kappa shape index (κ3) is 4.95. The summed E-state index contributed by atoms with van der Waals surface area (Å²) in [5, 5.41) is 3.11. The van der Waals surface area contributed by atoms with Crippen molar-refractivity contribution in [3.63, 3.8) is 0 Å². The molecule has 0 saturated carbocycles. The first-order valence-corrected chi connectivity index (χ1v) is 7.26. The van der Waals surface area contributed by atoms with E-state index in [1.54, 1.807) is 20.3 Å². The Morgan fingerprint density at radius 3 is 2.48 bits per heavy atom. The fourth-order valence-corrected chi connectivity index (χ4v) is 2.29. The molecule has 1 aromatic carbocycles. The second-order valence-corrected chi connectivity index (χ2v) is 5.21. The Hall–Kier alpha value is -1.17. The van der Waals surface area contributed by atoms with Crippen LogP contribution in [0.4, 0.5) is 10.1 Å². The average molecular weight is 298 g/mol. The van der Waals surface area contributed by atoms with Crippen LogP contribution in [0.25, 0.3) is 0 Å². The maximum atomic E-state index is 14.5. The summed E-state index contributed by atoms with van der Waals surface area (Å²) in [6.07, 6.45) is 0. The topological polar surface area (TPSA) is 33.7 Å². The molecule has 0 spiro atoms. The fourth-order valence-electron chi connectivity index (χ4n) is 2.29. The van der Waals surface area contributed by atoms with Crippen molar-refractivity contribution in [2.75, 3.05) is 45.9 Å². The molecule has 0 radical (unpaired) electrons. The largest absolute Gasteiger partial charge is 0.383 e. The minimum atomic E-state index is -0.214. The average Bonchev–Trinajstić information content (AvgIpc) is 2.48. The summed E-state index contributed by atoms with van der Waals surface area (Å²) < 4.78 is 24.8. The standard InChI is InChI=1S/C16H27FN2O2/c1-12(11-21-5)19(8-9-20-4)16-7-6-14(10-15(16)17)13(2)18-3/h6-7,10,12-13,18H,8-9,11H2,1-5H3. The summed E-state index contributed by atoms with van der Waals surface area (Å²) in [5.41, 5.74) is 1.52. The van der Waals surface area contributed by atoms with Gasteiger partial charge in [0.1, 0.15) is 5.82 Å². The summed E-state index contributed by atoms with van der Waals surface area (Å²) in [6, 6.07) is 5.58. The van der Waals surface area contributed by atoms with E-state index in [4.69, 9.17) is 9.47 Å². The number of anilines is 1. The number of hydrogen-bond donors (Lipinski definition) is 1. The second-order valence-electron chi connectivity index (χ2n) is 5.21. The highest BCUT2D eigenvalue weighted by Crippen LogP contribution is 2.25. The van der Waals surface area contributed by atoms with Gasteiger partial charge in [-0.15, -0.1) is 0 Å². The van der Waals surface area contributed by atoms with Gasteiger partial charge >= 0.3 is 0 Å². The van der Waals surface area contributed by atoms with E-state index in [1.165, 1.54) is 0 Å². The van der Waals surface area contributed by atoms with E-state index in [1.807, 2.05) is 37.9 Å². The number of benzene rings is 1. The molecule has 0 aliphatic rings. The molecule has 0 amide bonds. The fraction of sp³-hybridized carbons (Fsp3) is 0.625. The van der Waals surface area contributed by atoms with E-state index in [9.17, 15) is 4.39 Å². The van der Waals surface area contributed by atoms with E-state index in [2.05, 4.69) is 5.32 Å². The Balaban J connectivity index is 3.01. The minimum Gasteiger partial charge on any atom is -0.383 e. The van der Waals surface area contributed by atoms with Gasteiger partial charge in [0, 0.05) is 32.8 Å². The summed E-state index contributed by atoms with van der Waals surface area (Å²) >= 11 is 0. The Labute approximate surface area is 127 Å². The quantitative estimate of drug-likeness (QED) is 0.760. The number of hydrogen-bond acceptors (Lipinski definition) is 4. The highest BCUT2D eigenvalue weighted by atomic mass is 19.1. The molecule has 0 bridgehead atoms. The van der Waals surface area contributed by atoms with Crippen LogP contribution in [0.2, 0.25) is 0 Å². The molecule has 1 rings (SSSR count). The second kappa shape index (κ2) is 8.97. The summed E-state index contributed by atoms with van der Waals surface area (Å²) in [6.45, 7) is 5.73. The lowest BCUT2D eigenvalue weighted by Crippen LogP contribution is -2.39. The highest BCUT2D eigenvalue weighted by molar-refractivity contribution is 5.50. The van der Waals surface area contributed by atoms with Crippen molar-refractivity contribution in [1.29, 1.82) is 0 Å². The van der Waals surface area contributed by atoms with E-state index in [-0.39, 0.29) is 17.9 Å². The van der Waals surface area contributed by atoms with Crippen LogP contribution in [0.5, 0.6) is 0 Å². The zero-order chi connectivity index (χ0) is 15.8. The smallest absolute Gasteiger partial charge is 0.146 e. The molecule has 5 heteroatoms. The zero-order valence-electron chi connectivity index (χ0n) is 13.6. The number of ether oxygens (including phenoxy) is 2. The van der Waals surface area contributed by atoms with E-state index in [0.29, 0.717) is 25.4 Å². The Morgan fingerprint density at radius 2 is 1.95 bits per heavy atom. The normalized spacial score (nSPS) is 14.0. The molecular formula is C16H27FN2O2. The van der Waals surface area contributed by atoms with Crippen LogP contribution < -0.4 is 10.2 Å². The summed E-state index contributed by atoms with van der Waals surface area (Å²) in [4.78, 5) is 1.98. The molecule has 0 aromatic heterocycles. The molecule has 0 aliphatic heterocycles. The summed E-state index contributed by atoms with van der Waals surface area (Å²) in [7, 11) is 5.16. The molecule has 0 fully saturated rings. The molecule has 1 N–H and O–H groups in total. The predicted molar refractivity (Wildman–Crippen MR) is 84.4 cm³/mol. The van der Waals surface area contributed by atoms with Crippen molar-refractivity contribution >= 4 is 5.69 Å². The van der Waals surface area contributed by atoms with Crippen LogP contribution in [-0.4, -0.2) is 47.1 Å². The lowest BCUT2D eigenvalue weighted by molar-refractivity contribution is 0.170. The van der Waals surface area contributed by atoms with Gasteiger partial charge in [0.25, 0.3) is 0 Å². The van der Waals surface area contributed by atoms with Gasteiger partial charge in [-0.1, -0.05) is 6.07 Å². The van der Waals surface area contributed by atoms with Gasteiger partial charge in [-0.3, -0.25) is 0 Å². The number of nitrogens with zero attached hydrogens (tertiary/aromatic N) is 1. The van der Waals surface area contributed by atoms with Gasteiger partial charge in [-0.2, -0.15) is 0 Å². The number of rotatable bonds is 9. The van der Waals surface area contributed by atoms with Crippen LogP contribution in [0, 0.1) is 5.82 Å². The molecule has 4 nitrogen and oxygen atoms in total. The first-order chi connectivity index (χ1) is 10.0. The number of methoxy groups -OCH3 is 2. The molecule has 0 heterocycles. The number of nitrogens with one attached hydrogen (secondary N) is 1. The van der Waals surface area contributed by atoms with Crippen molar-refractivity contribution in [3.8, 4) is 0 Å². The van der Waals surface area contributed by atoms with Crippen LogP contribution in [0.3, 0.4) is 0 Å². The summed E-state index contributed by atoms with van der Waals surface area (Å²) in [5.74, 6) is -0.214. The SMILES string of the molecule is CNC(C)c1ccc(N(CCOC)C(C)COC)c(F)c1. The van der Waals surface area contributed by atoms with Gasteiger partial charge in [-0.25, -0.2) is 4.39 Å². The van der Waals surface area contributed by atoms with Crippen LogP contribution in [0.1, 0.15) is 25.5 Å². The van der Waals surface area contributed by atoms with E-state index < -0.39 is 0 Å². The zero-order valence-corrected chi connectivity index (χ0v) is 13.6. The van der Waals surface area contributed by atoms with Gasteiger partial charge < -0.3 is 19.7 Å². The Morgan fingerprint density at radius 1 is 1.24 bits per heavy atom. The van der Waals surface area contributed by atoms with Crippen molar-refractivity contribution in [2.45, 2.75) is 25.9 Å². The lowest BCUT2D eigenvalue weighted by Gasteiger charge is -2.31. The highest BCUT2D eigenvalue weighted by Gasteiger charge is 2.18. The molecule has 0 aliphatic carbocycles. The van der Waals surface area contributed by atoms with E-state index >= 15 is 0 Å². The molecule has 2 unspecified atom stereocenters. The van der Waals surface area contributed by atoms with Gasteiger partial charge in [0.15, 0.2) is 0 Å². The molecule has 0 saturated heterocycles. The van der Waals surface area contributed by atoms with Crippen LogP contribution >= 0.6 is 0 Å². The minimum absolute atomic E-state index is 0.0761. The van der Waals surface area contributed by atoms with Crippen molar-refractivity contribution in [1.82, 2.24) is 5.32 Å². The van der Waals surface area contributed by atoms with Crippen molar-refractivity contribution in [3.05, 3.63) is 29.6 Å². The molecule has 2 atom stereocenters. The maximum absolute atomic E-state index is 14.5. The monoisotopic (exact) mass is 298 g/mol. The van der Waals surface area contributed by atoms with Gasteiger partial charge in [-0.05, 0) is 38.6 Å². The maximum Gasteiger partial charge on any atom is 0.146 e. The van der Waals surface area contributed by atoms with Crippen LogP contribution in [-0.2, 0) is 9.47 Å². The van der Waals surface area contributed by atoms with Gasteiger partial charge in [0.2, 0.25) is 0 Å². The predicted octanol–water partition coefficient (Wildman–Crippen LogP) is 2.59. The molecule has 1 aromatic rings. The Kier molecular flexibility index (Phi) is 7.64. The number of halogens is 1. The Bertz CT molecular complexity index is 429. The van der Waals surface area contributed by atoms with Gasteiger partial charge in [0.05, 0.1) is 18.9 Å². The third-order valence-electron chi connectivity index (χ3n) is 3.69. The van der Waals surface area contributed by atoms with E-state index in [0.717, 1.165) is 5.56 Å². The van der Waals surface area contributed by atoms with Crippen molar-refractivity contribution in [2.24, 2.45) is 0 Å². The lowest BCUT2D eigenvalue weighted by atomic mass is 10.1. The third-order valence-corrected chi connectivity index (χ3v) is 3.69. The molecule has 120 valence electrons. The molecule has 21 heavy (non-hydrogen) atoms.